The molecule has 1 aliphatic heterocycles. The lowest BCUT2D eigenvalue weighted by molar-refractivity contribution is 0.111. The molecule has 194 valence electrons. The van der Waals surface area contributed by atoms with Crippen LogP contribution in [0.5, 0.6) is 0 Å². The smallest absolute Gasteiger partial charge is 0.260 e. The van der Waals surface area contributed by atoms with Crippen molar-refractivity contribution in [3.63, 3.8) is 0 Å². The lowest BCUT2D eigenvalue weighted by Crippen LogP contribution is -2.55. The van der Waals surface area contributed by atoms with Gasteiger partial charge in [0, 0.05) is 55.0 Å². The predicted octanol–water partition coefficient (Wildman–Crippen LogP) is 4.16. The van der Waals surface area contributed by atoms with Crippen molar-refractivity contribution in [2.24, 2.45) is 0 Å². The van der Waals surface area contributed by atoms with Crippen LogP contribution >= 0.6 is 0 Å². The molecule has 3 heterocycles. The number of anilines is 2. The highest BCUT2D eigenvalue weighted by Crippen LogP contribution is 2.33. The van der Waals surface area contributed by atoms with Gasteiger partial charge in [0.15, 0.2) is 0 Å². The average molecular weight is 493 g/mol. The second-order valence-electron chi connectivity index (χ2n) is 10.9. The monoisotopic (exact) mass is 492 g/mol. The summed E-state index contributed by atoms with van der Waals surface area (Å²) >= 11 is 0. The molecule has 8 nitrogen and oxygen atoms in total. The van der Waals surface area contributed by atoms with Crippen molar-refractivity contribution in [1.29, 1.82) is 0 Å². The summed E-state index contributed by atoms with van der Waals surface area (Å²) in [4.78, 5) is 28.4. The molecule has 2 aromatic heterocycles. The first-order valence-electron chi connectivity index (χ1n) is 13.6. The first-order chi connectivity index (χ1) is 17.4. The van der Waals surface area contributed by atoms with Crippen LogP contribution in [0.2, 0.25) is 0 Å². The molecule has 2 aliphatic rings. The molecule has 1 saturated heterocycles. The van der Waals surface area contributed by atoms with Crippen molar-refractivity contribution in [3.8, 4) is 0 Å². The van der Waals surface area contributed by atoms with Gasteiger partial charge in [-0.3, -0.25) is 14.3 Å². The molecule has 1 saturated carbocycles. The van der Waals surface area contributed by atoms with E-state index in [2.05, 4.69) is 66.1 Å². The minimum atomic E-state index is -0.281. The molecule has 1 aliphatic carbocycles. The Labute approximate surface area is 213 Å². The second-order valence-corrected chi connectivity index (χ2v) is 10.9. The number of rotatable bonds is 6. The third-order valence-electron chi connectivity index (χ3n) is 8.21. The number of pyridine rings is 1. The largest absolute Gasteiger partial charge is 0.393 e. The Morgan fingerprint density at radius 1 is 1.06 bits per heavy atom. The average Bonchev–Trinajstić information content (AvgIpc) is 2.87. The number of hydrogen-bond acceptors (Lipinski definition) is 7. The molecule has 2 fully saturated rings. The van der Waals surface area contributed by atoms with E-state index in [1.54, 1.807) is 0 Å². The Balaban J connectivity index is 1.64. The zero-order valence-electron chi connectivity index (χ0n) is 22.1. The number of nitrogens with zero attached hydrogens (tertiary/aromatic N) is 5. The molecule has 0 bridgehead atoms. The van der Waals surface area contributed by atoms with E-state index in [1.807, 2.05) is 10.8 Å². The van der Waals surface area contributed by atoms with Crippen LogP contribution in [0.25, 0.3) is 21.8 Å². The van der Waals surface area contributed by atoms with Gasteiger partial charge in [0.2, 0.25) is 5.95 Å². The van der Waals surface area contributed by atoms with Crippen molar-refractivity contribution >= 4 is 33.4 Å². The van der Waals surface area contributed by atoms with Gasteiger partial charge in [-0.15, -0.1) is 0 Å². The molecule has 3 aromatic rings. The van der Waals surface area contributed by atoms with E-state index in [0.29, 0.717) is 36.5 Å². The maximum atomic E-state index is 14.1. The number of fused-ring (bicyclic) bond motifs is 3. The first kappa shape index (κ1) is 25.0. The van der Waals surface area contributed by atoms with Crippen molar-refractivity contribution < 1.29 is 5.11 Å². The summed E-state index contributed by atoms with van der Waals surface area (Å²) < 4.78 is 1.90. The number of likely N-dealkylation sites (N-methyl/N-ethyl adjacent to an activating group) is 1. The quantitative estimate of drug-likeness (QED) is 0.395. The molecule has 2 atom stereocenters. The van der Waals surface area contributed by atoms with Gasteiger partial charge in [-0.2, -0.15) is 4.98 Å². The van der Waals surface area contributed by atoms with E-state index >= 15 is 0 Å². The molecular weight excluding hydrogens is 452 g/mol. The van der Waals surface area contributed by atoms with E-state index in [1.165, 1.54) is 0 Å². The van der Waals surface area contributed by atoms with Crippen LogP contribution < -0.4 is 15.8 Å². The van der Waals surface area contributed by atoms with Crippen LogP contribution in [0.4, 0.5) is 11.6 Å². The fourth-order valence-electron chi connectivity index (χ4n) is 5.87. The van der Waals surface area contributed by atoms with Gasteiger partial charge >= 0.3 is 0 Å². The summed E-state index contributed by atoms with van der Waals surface area (Å²) in [5, 5.41) is 16.0. The Morgan fingerprint density at radius 2 is 1.83 bits per heavy atom. The normalized spacial score (nSPS) is 25.5. The first-order valence-corrected chi connectivity index (χ1v) is 13.6. The molecule has 36 heavy (non-hydrogen) atoms. The van der Waals surface area contributed by atoms with Crippen LogP contribution in [0, 0.1) is 0 Å². The number of nitrogens with one attached hydrogen (secondary N) is 1. The fourth-order valence-corrected chi connectivity index (χ4v) is 5.87. The number of unbranched alkanes of at least 4 members (excludes halogenated alkanes) is 1. The van der Waals surface area contributed by atoms with Crippen LogP contribution in [-0.4, -0.2) is 69.4 Å². The Morgan fingerprint density at radius 3 is 2.58 bits per heavy atom. The summed E-state index contributed by atoms with van der Waals surface area (Å²) in [6.45, 7) is 9.39. The van der Waals surface area contributed by atoms with Gasteiger partial charge < -0.3 is 15.3 Å². The highest BCUT2D eigenvalue weighted by atomic mass is 16.3. The van der Waals surface area contributed by atoms with E-state index in [9.17, 15) is 9.90 Å². The number of hydrogen-bond donors (Lipinski definition) is 2. The zero-order chi connectivity index (χ0) is 25.4. The topological polar surface area (TPSA) is 86.5 Å². The minimum absolute atomic E-state index is 0.00813. The zero-order valence-corrected chi connectivity index (χ0v) is 22.1. The van der Waals surface area contributed by atoms with Gasteiger partial charge in [-0.25, -0.2) is 4.98 Å². The highest BCUT2D eigenvalue weighted by molar-refractivity contribution is 6.05. The third-order valence-corrected chi connectivity index (χ3v) is 8.21. The maximum absolute atomic E-state index is 14.1. The molecular formula is C28H40N6O2. The molecule has 8 heteroatoms. The third kappa shape index (κ3) is 4.68. The van der Waals surface area contributed by atoms with Crippen LogP contribution in [0.1, 0.15) is 65.3 Å². The molecule has 2 N–H and O–H groups in total. The summed E-state index contributed by atoms with van der Waals surface area (Å²) in [6, 6.07) is 7.14. The van der Waals surface area contributed by atoms with E-state index in [0.717, 1.165) is 67.2 Å². The number of aliphatic hydroxyl groups is 1. The molecule has 0 unspecified atom stereocenters. The molecule has 0 radical (unpaired) electrons. The standard InChI is InChI=1S/C28H40N6O2/c1-5-6-13-29-28-30-15-25-23-12-9-21(33-17-18(2)32(4)16-19(33)3)14-24(23)27(36)34(26(25)31-28)20-7-10-22(35)11-8-20/h9,12,14-15,18-20,22,35H,5-8,10-11,13,16-17H2,1-4H3,(H,29,30,31)/t18-,19+,20-,22-/m1/s1. The number of aromatic nitrogens is 3. The van der Waals surface area contributed by atoms with Gasteiger partial charge in [-0.1, -0.05) is 19.4 Å². The van der Waals surface area contributed by atoms with Crippen molar-refractivity contribution in [2.45, 2.75) is 83.5 Å². The summed E-state index contributed by atoms with van der Waals surface area (Å²) in [5.74, 6) is 0.566. The van der Waals surface area contributed by atoms with Crippen LogP contribution in [0.3, 0.4) is 0 Å². The second kappa shape index (κ2) is 10.3. The highest BCUT2D eigenvalue weighted by Gasteiger charge is 2.28. The molecule has 5 rings (SSSR count). The minimum Gasteiger partial charge on any atom is -0.393 e. The Bertz CT molecular complexity index is 1280. The van der Waals surface area contributed by atoms with E-state index < -0.39 is 0 Å². The molecule has 0 spiro atoms. The summed E-state index contributed by atoms with van der Waals surface area (Å²) in [6.07, 6.45) is 6.68. The van der Waals surface area contributed by atoms with Gasteiger partial charge in [0.25, 0.3) is 5.56 Å². The van der Waals surface area contributed by atoms with Gasteiger partial charge in [0.1, 0.15) is 5.65 Å². The Hall–Kier alpha value is -2.71. The summed E-state index contributed by atoms with van der Waals surface area (Å²) in [5.41, 5.74) is 1.79. The van der Waals surface area contributed by atoms with E-state index in [4.69, 9.17) is 4.98 Å². The van der Waals surface area contributed by atoms with Crippen LogP contribution in [0.15, 0.2) is 29.2 Å². The van der Waals surface area contributed by atoms with Crippen molar-refractivity contribution in [3.05, 3.63) is 34.7 Å². The molecule has 0 amide bonds. The van der Waals surface area contributed by atoms with Crippen molar-refractivity contribution in [2.75, 3.05) is 36.9 Å². The lowest BCUT2D eigenvalue weighted by Gasteiger charge is -2.44. The van der Waals surface area contributed by atoms with Gasteiger partial charge in [0.05, 0.1) is 11.5 Å². The fraction of sp³-hybridized carbons (Fsp3) is 0.607. The van der Waals surface area contributed by atoms with E-state index in [-0.39, 0.29) is 17.7 Å². The Kier molecular flexibility index (Phi) is 7.17. The maximum Gasteiger partial charge on any atom is 0.260 e. The van der Waals surface area contributed by atoms with Gasteiger partial charge in [-0.05, 0) is 70.5 Å². The van der Waals surface area contributed by atoms with Crippen molar-refractivity contribution in [1.82, 2.24) is 19.4 Å². The number of aliphatic hydroxyl groups excluding tert-OH is 1. The number of piperazine rings is 1. The SMILES string of the molecule is CCCCNc1ncc2c3ccc(N4C[C@@H](C)N(C)C[C@@H]4C)cc3c(=O)n([C@H]3CC[C@H](O)CC3)c2n1. The number of benzene rings is 1. The molecule has 1 aromatic carbocycles. The summed E-state index contributed by atoms with van der Waals surface area (Å²) in [7, 11) is 2.18. The predicted molar refractivity (Wildman–Crippen MR) is 147 cm³/mol. The lowest BCUT2D eigenvalue weighted by atomic mass is 9.92. The van der Waals surface area contributed by atoms with Crippen LogP contribution in [-0.2, 0) is 0 Å².